The van der Waals surface area contributed by atoms with Gasteiger partial charge in [0.1, 0.15) is 5.82 Å². The second-order valence-electron chi connectivity index (χ2n) is 5.61. The monoisotopic (exact) mass is 311 g/mol. The van der Waals surface area contributed by atoms with Crippen LogP contribution in [0.3, 0.4) is 0 Å². The first-order valence-electron chi connectivity index (χ1n) is 8.29. The number of hydrogen-bond donors (Lipinski definition) is 2. The third kappa shape index (κ3) is 4.81. The Morgan fingerprint density at radius 1 is 1.00 bits per heavy atom. The molecule has 23 heavy (non-hydrogen) atoms. The van der Waals surface area contributed by atoms with E-state index in [9.17, 15) is 4.79 Å². The molecule has 1 heterocycles. The Morgan fingerprint density at radius 2 is 1.65 bits per heavy atom. The molecule has 0 saturated heterocycles. The van der Waals surface area contributed by atoms with Gasteiger partial charge < -0.3 is 10.6 Å². The average Bonchev–Trinajstić information content (AvgIpc) is 2.58. The molecule has 0 radical (unpaired) electrons. The van der Waals surface area contributed by atoms with Crippen molar-refractivity contribution in [2.24, 2.45) is 5.92 Å². The van der Waals surface area contributed by atoms with Gasteiger partial charge in [-0.15, -0.1) is 0 Å². The molecule has 4 heteroatoms. The third-order valence-corrected chi connectivity index (χ3v) is 4.02. The summed E-state index contributed by atoms with van der Waals surface area (Å²) in [5, 5.41) is 6.18. The van der Waals surface area contributed by atoms with E-state index in [1.807, 2.05) is 38.1 Å². The van der Waals surface area contributed by atoms with Crippen molar-refractivity contribution < 1.29 is 4.79 Å². The lowest BCUT2D eigenvalue weighted by Gasteiger charge is -2.13. The molecule has 0 bridgehead atoms. The van der Waals surface area contributed by atoms with Crippen molar-refractivity contribution >= 4 is 23.1 Å². The first-order chi connectivity index (χ1) is 11.2. The number of nitrogens with zero attached hydrogens (tertiary/aromatic N) is 1. The summed E-state index contributed by atoms with van der Waals surface area (Å²) in [6.07, 6.45) is 4.42. The molecule has 0 spiro atoms. The van der Waals surface area contributed by atoms with E-state index in [0.717, 1.165) is 36.5 Å². The van der Waals surface area contributed by atoms with Crippen LogP contribution in [-0.2, 0) is 11.2 Å². The summed E-state index contributed by atoms with van der Waals surface area (Å²) in [5.41, 5.74) is 3.04. The van der Waals surface area contributed by atoms with Gasteiger partial charge in [0.2, 0.25) is 5.91 Å². The molecular weight excluding hydrogens is 286 g/mol. The molecule has 0 aliphatic rings. The molecular formula is C19H25N3O. The minimum absolute atomic E-state index is 0.0601. The fourth-order valence-corrected chi connectivity index (χ4v) is 2.42. The fourth-order valence-electron chi connectivity index (χ4n) is 2.42. The van der Waals surface area contributed by atoms with Crippen LogP contribution in [0.25, 0.3) is 0 Å². The zero-order valence-electron chi connectivity index (χ0n) is 14.1. The largest absolute Gasteiger partial charge is 0.340 e. The van der Waals surface area contributed by atoms with Crippen molar-refractivity contribution in [2.75, 3.05) is 10.6 Å². The Balaban J connectivity index is 1.97. The number of rotatable bonds is 7. The number of nitrogens with one attached hydrogen (secondary N) is 2. The van der Waals surface area contributed by atoms with Gasteiger partial charge in [-0.25, -0.2) is 4.98 Å². The van der Waals surface area contributed by atoms with Crippen molar-refractivity contribution in [1.29, 1.82) is 0 Å². The first-order valence-corrected chi connectivity index (χ1v) is 8.29. The highest BCUT2D eigenvalue weighted by molar-refractivity contribution is 5.92. The molecule has 1 aromatic carbocycles. The molecule has 0 aliphatic carbocycles. The molecule has 2 rings (SSSR count). The van der Waals surface area contributed by atoms with E-state index in [0.29, 0.717) is 0 Å². The van der Waals surface area contributed by atoms with Gasteiger partial charge in [0.15, 0.2) is 0 Å². The topological polar surface area (TPSA) is 54.0 Å². The molecule has 1 aromatic heterocycles. The lowest BCUT2D eigenvalue weighted by atomic mass is 10.0. The van der Waals surface area contributed by atoms with Gasteiger partial charge >= 0.3 is 0 Å². The van der Waals surface area contributed by atoms with Gasteiger partial charge in [0.25, 0.3) is 0 Å². The fraction of sp³-hybridized carbons (Fsp3) is 0.368. The van der Waals surface area contributed by atoms with Gasteiger partial charge in [0, 0.05) is 11.6 Å². The molecule has 4 nitrogen and oxygen atoms in total. The number of benzene rings is 1. The predicted octanol–water partition coefficient (Wildman–Crippen LogP) is 4.76. The Morgan fingerprint density at radius 3 is 2.17 bits per heavy atom. The van der Waals surface area contributed by atoms with Gasteiger partial charge in [-0.1, -0.05) is 32.9 Å². The van der Waals surface area contributed by atoms with Crippen LogP contribution in [0.5, 0.6) is 0 Å². The van der Waals surface area contributed by atoms with Crippen molar-refractivity contribution in [3.05, 3.63) is 48.2 Å². The van der Waals surface area contributed by atoms with E-state index in [2.05, 4.69) is 34.7 Å². The lowest BCUT2D eigenvalue weighted by Crippen LogP contribution is -2.21. The zero-order chi connectivity index (χ0) is 16.7. The molecule has 0 unspecified atom stereocenters. The minimum Gasteiger partial charge on any atom is -0.340 e. The number of aromatic nitrogens is 1. The van der Waals surface area contributed by atoms with E-state index in [1.165, 1.54) is 5.56 Å². The Labute approximate surface area is 138 Å². The summed E-state index contributed by atoms with van der Waals surface area (Å²) in [4.78, 5) is 16.4. The van der Waals surface area contributed by atoms with Crippen LogP contribution in [0.2, 0.25) is 0 Å². The first kappa shape index (κ1) is 17.0. The summed E-state index contributed by atoms with van der Waals surface area (Å²) >= 11 is 0. The SMILES string of the molecule is CCc1ccc(Nc2ccc(NC(=O)C(CC)CC)cn2)cc1. The molecule has 0 aliphatic heterocycles. The summed E-state index contributed by atoms with van der Waals surface area (Å²) in [6, 6.07) is 12.0. The van der Waals surface area contributed by atoms with Crippen molar-refractivity contribution in [3.8, 4) is 0 Å². The van der Waals surface area contributed by atoms with Crippen LogP contribution in [0.4, 0.5) is 17.2 Å². The van der Waals surface area contributed by atoms with Crippen molar-refractivity contribution in [3.63, 3.8) is 0 Å². The summed E-state index contributed by atoms with van der Waals surface area (Å²) in [5.74, 6) is 0.882. The number of hydrogen-bond acceptors (Lipinski definition) is 3. The Hall–Kier alpha value is -2.36. The molecule has 0 fully saturated rings. The average molecular weight is 311 g/mol. The van der Waals surface area contributed by atoms with Gasteiger partial charge in [-0.2, -0.15) is 0 Å². The number of carbonyl (C=O) groups excluding carboxylic acids is 1. The van der Waals surface area contributed by atoms with E-state index < -0.39 is 0 Å². The summed E-state index contributed by atoms with van der Waals surface area (Å²) in [7, 11) is 0. The van der Waals surface area contributed by atoms with Crippen LogP contribution in [0.15, 0.2) is 42.6 Å². The van der Waals surface area contributed by atoms with Crippen LogP contribution in [0, 0.1) is 5.92 Å². The second kappa shape index (κ2) is 8.32. The third-order valence-electron chi connectivity index (χ3n) is 4.02. The predicted molar refractivity (Wildman–Crippen MR) is 96.0 cm³/mol. The van der Waals surface area contributed by atoms with Gasteiger partial charge in [0.05, 0.1) is 11.9 Å². The van der Waals surface area contributed by atoms with Gasteiger partial charge in [-0.05, 0) is 49.1 Å². The molecule has 122 valence electrons. The standard InChI is InChI=1S/C19H25N3O/c1-4-14-7-9-16(10-8-14)21-18-12-11-17(13-20-18)22-19(23)15(5-2)6-3/h7-13,15H,4-6H2,1-3H3,(H,20,21)(H,22,23). The zero-order valence-corrected chi connectivity index (χ0v) is 14.1. The molecule has 2 N–H and O–H groups in total. The quantitative estimate of drug-likeness (QED) is 0.775. The van der Waals surface area contributed by atoms with E-state index >= 15 is 0 Å². The number of amides is 1. The maximum absolute atomic E-state index is 12.1. The molecule has 2 aromatic rings. The summed E-state index contributed by atoms with van der Waals surface area (Å²) in [6.45, 7) is 6.20. The van der Waals surface area contributed by atoms with Crippen molar-refractivity contribution in [2.45, 2.75) is 40.0 Å². The Bertz CT molecular complexity index is 616. The smallest absolute Gasteiger partial charge is 0.227 e. The number of anilines is 3. The van der Waals surface area contributed by atoms with Crippen molar-refractivity contribution in [1.82, 2.24) is 4.98 Å². The van der Waals surface area contributed by atoms with Crippen LogP contribution in [-0.4, -0.2) is 10.9 Å². The number of pyridine rings is 1. The maximum Gasteiger partial charge on any atom is 0.227 e. The van der Waals surface area contributed by atoms with E-state index in [-0.39, 0.29) is 11.8 Å². The van der Waals surface area contributed by atoms with Crippen LogP contribution >= 0.6 is 0 Å². The highest BCUT2D eigenvalue weighted by Gasteiger charge is 2.14. The molecule has 0 saturated carbocycles. The molecule has 1 amide bonds. The highest BCUT2D eigenvalue weighted by Crippen LogP contribution is 2.18. The molecule has 0 atom stereocenters. The number of carbonyl (C=O) groups is 1. The number of aryl methyl sites for hydroxylation is 1. The lowest BCUT2D eigenvalue weighted by molar-refractivity contribution is -0.120. The normalized spacial score (nSPS) is 10.6. The maximum atomic E-state index is 12.1. The van der Waals surface area contributed by atoms with Crippen LogP contribution < -0.4 is 10.6 Å². The second-order valence-corrected chi connectivity index (χ2v) is 5.61. The highest BCUT2D eigenvalue weighted by atomic mass is 16.1. The summed E-state index contributed by atoms with van der Waals surface area (Å²) < 4.78 is 0. The Kier molecular flexibility index (Phi) is 6.15. The minimum atomic E-state index is 0.0601. The van der Waals surface area contributed by atoms with E-state index in [1.54, 1.807) is 6.20 Å². The van der Waals surface area contributed by atoms with E-state index in [4.69, 9.17) is 0 Å². The van der Waals surface area contributed by atoms with Crippen LogP contribution in [0.1, 0.15) is 39.2 Å². The van der Waals surface area contributed by atoms with Gasteiger partial charge in [-0.3, -0.25) is 4.79 Å².